The summed E-state index contributed by atoms with van der Waals surface area (Å²) in [6.07, 6.45) is 5.26. The largest absolute Gasteiger partial charge is 0.481 e. The number of carboxylic acid groups (broad SMARTS) is 1. The summed E-state index contributed by atoms with van der Waals surface area (Å²) in [5.74, 6) is -4.35. The lowest BCUT2D eigenvalue weighted by molar-refractivity contribution is -0.137. The van der Waals surface area contributed by atoms with Crippen molar-refractivity contribution in [3.05, 3.63) is 47.0 Å². The quantitative estimate of drug-likeness (QED) is 0.381. The topological polar surface area (TPSA) is 77.8 Å². The highest BCUT2D eigenvalue weighted by Gasteiger charge is 2.39. The van der Waals surface area contributed by atoms with E-state index in [4.69, 9.17) is 16.7 Å². The van der Waals surface area contributed by atoms with Crippen LogP contribution in [0.1, 0.15) is 56.9 Å². The second-order valence-electron chi connectivity index (χ2n) is 7.57. The number of carboxylic acids is 1. The third-order valence-corrected chi connectivity index (χ3v) is 5.48. The molecule has 1 aromatic carbocycles. The van der Waals surface area contributed by atoms with Crippen molar-refractivity contribution >= 4 is 23.5 Å². The predicted molar refractivity (Wildman–Crippen MR) is 111 cm³/mol. The molecule has 1 aromatic rings. The molecule has 1 fully saturated rings. The maximum absolute atomic E-state index is 14.6. The van der Waals surface area contributed by atoms with Gasteiger partial charge in [-0.15, -0.1) is 0 Å². The summed E-state index contributed by atoms with van der Waals surface area (Å²) in [5.41, 5.74) is -0.370. The van der Waals surface area contributed by atoms with Crippen LogP contribution in [0.3, 0.4) is 0 Å². The maximum atomic E-state index is 14.6. The number of halogens is 3. The van der Waals surface area contributed by atoms with Gasteiger partial charge in [-0.1, -0.05) is 48.7 Å². The molecular weight excluding hydrogens is 416 g/mol. The van der Waals surface area contributed by atoms with Crippen LogP contribution in [-0.4, -0.2) is 45.7 Å². The highest BCUT2D eigenvalue weighted by Crippen LogP contribution is 2.34. The number of unbranched alkanes of at least 4 members (excludes halogenated alkanes) is 3. The summed E-state index contributed by atoms with van der Waals surface area (Å²) in [7, 11) is 0. The fraction of sp³-hybridized carbons (Fsp3) is 0.545. The van der Waals surface area contributed by atoms with Gasteiger partial charge in [0.05, 0.1) is 6.04 Å². The molecule has 5 nitrogen and oxygen atoms in total. The number of hydrogen-bond acceptors (Lipinski definition) is 3. The van der Waals surface area contributed by atoms with Gasteiger partial charge < -0.3 is 15.1 Å². The predicted octanol–water partition coefficient (Wildman–Crippen LogP) is 4.77. The Bertz CT molecular complexity index is 756. The number of aliphatic hydroxyl groups is 1. The molecule has 0 aromatic heterocycles. The number of rotatable bonds is 11. The van der Waals surface area contributed by atoms with E-state index < -0.39 is 18.0 Å². The molecule has 0 radical (unpaired) electrons. The minimum atomic E-state index is -3.50. The van der Waals surface area contributed by atoms with Crippen molar-refractivity contribution in [3.63, 3.8) is 0 Å². The van der Waals surface area contributed by atoms with E-state index in [-0.39, 0.29) is 29.0 Å². The molecule has 2 N–H and O–H groups in total. The number of hydrogen-bond donors (Lipinski definition) is 2. The number of piperidine rings is 1. The Balaban J connectivity index is 1.95. The van der Waals surface area contributed by atoms with Crippen molar-refractivity contribution in [2.75, 3.05) is 6.54 Å². The van der Waals surface area contributed by atoms with Gasteiger partial charge in [0, 0.05) is 30.0 Å². The van der Waals surface area contributed by atoms with E-state index in [9.17, 15) is 23.5 Å². The number of likely N-dealkylation sites (tertiary alicyclic amines) is 1. The zero-order valence-electron chi connectivity index (χ0n) is 16.8. The first kappa shape index (κ1) is 24.3. The highest BCUT2D eigenvalue weighted by atomic mass is 35.5. The van der Waals surface area contributed by atoms with Crippen LogP contribution in [0.2, 0.25) is 5.02 Å². The average molecular weight is 444 g/mol. The molecule has 1 aliphatic rings. The van der Waals surface area contributed by atoms with Gasteiger partial charge in [0.25, 0.3) is 0 Å². The lowest BCUT2D eigenvalue weighted by Crippen LogP contribution is -2.43. The van der Waals surface area contributed by atoms with Crippen molar-refractivity contribution in [2.24, 2.45) is 0 Å². The summed E-state index contributed by atoms with van der Waals surface area (Å²) in [4.78, 5) is 24.5. The summed E-state index contributed by atoms with van der Waals surface area (Å²) < 4.78 is 29.1. The average Bonchev–Trinajstić information content (AvgIpc) is 2.69. The van der Waals surface area contributed by atoms with E-state index in [1.807, 2.05) is 0 Å². The summed E-state index contributed by atoms with van der Waals surface area (Å²) in [5, 5.41) is 18.9. The number of nitrogens with zero attached hydrogens (tertiary/aromatic N) is 1. The minimum absolute atomic E-state index is 0.0301. The summed E-state index contributed by atoms with van der Waals surface area (Å²) >= 11 is 5.78. The molecule has 2 atom stereocenters. The van der Waals surface area contributed by atoms with Gasteiger partial charge in [-0.2, -0.15) is 8.78 Å². The van der Waals surface area contributed by atoms with Crippen molar-refractivity contribution < 1.29 is 28.6 Å². The zero-order chi connectivity index (χ0) is 22.1. The molecule has 0 aliphatic carbocycles. The number of carbonyl (C=O) groups excluding carboxylic acids is 1. The van der Waals surface area contributed by atoms with Crippen molar-refractivity contribution in [3.8, 4) is 0 Å². The molecule has 30 heavy (non-hydrogen) atoms. The van der Waals surface area contributed by atoms with E-state index in [1.165, 1.54) is 24.3 Å². The lowest BCUT2D eigenvalue weighted by Gasteiger charge is -2.34. The van der Waals surface area contributed by atoms with Gasteiger partial charge in [0.2, 0.25) is 5.91 Å². The van der Waals surface area contributed by atoms with Gasteiger partial charge in [0.1, 0.15) is 6.10 Å². The maximum Gasteiger partial charge on any atom is 0.303 e. The summed E-state index contributed by atoms with van der Waals surface area (Å²) in [6, 6.07) is 4.88. The molecule has 0 bridgehead atoms. The Labute approximate surface area is 180 Å². The minimum Gasteiger partial charge on any atom is -0.481 e. The van der Waals surface area contributed by atoms with Crippen LogP contribution in [0.15, 0.2) is 36.4 Å². The molecule has 8 heteroatoms. The van der Waals surface area contributed by atoms with Crippen molar-refractivity contribution in [1.29, 1.82) is 0 Å². The fourth-order valence-corrected chi connectivity index (χ4v) is 3.76. The van der Waals surface area contributed by atoms with Gasteiger partial charge in [-0.3, -0.25) is 9.59 Å². The normalized spacial score (nSPS) is 18.7. The van der Waals surface area contributed by atoms with Crippen LogP contribution < -0.4 is 0 Å². The first-order valence-corrected chi connectivity index (χ1v) is 10.6. The Hall–Kier alpha value is -1.99. The molecule has 0 spiro atoms. The van der Waals surface area contributed by atoms with Crippen LogP contribution in [0.4, 0.5) is 8.78 Å². The molecule has 1 amide bonds. The number of aliphatic carboxylic acids is 1. The standard InChI is InChI=1S/C22H28ClF2NO4/c23-17-8-5-7-16(15-17)22(24,25)19(27)13-12-18-9-6-10-20(28)26(18)14-4-2-1-3-11-21(29)30/h5,7-8,12-13,15,18-19,27H,1-4,6,9-11,14H2,(H,29,30). The van der Waals surface area contributed by atoms with Crippen molar-refractivity contribution in [2.45, 2.75) is 69.4 Å². The molecule has 0 saturated carbocycles. The van der Waals surface area contributed by atoms with Gasteiger partial charge >= 0.3 is 11.9 Å². The van der Waals surface area contributed by atoms with Crippen LogP contribution in [-0.2, 0) is 15.5 Å². The first-order chi connectivity index (χ1) is 14.2. The second kappa shape index (κ2) is 11.4. The van der Waals surface area contributed by atoms with E-state index >= 15 is 0 Å². The summed E-state index contributed by atoms with van der Waals surface area (Å²) in [6.45, 7) is 0.488. The molecule has 2 unspecified atom stereocenters. The van der Waals surface area contributed by atoms with E-state index in [0.29, 0.717) is 32.2 Å². The van der Waals surface area contributed by atoms with Crippen molar-refractivity contribution in [1.82, 2.24) is 4.90 Å². The lowest BCUT2D eigenvalue weighted by atomic mass is 9.98. The molecule has 1 saturated heterocycles. The number of benzene rings is 1. The highest BCUT2D eigenvalue weighted by molar-refractivity contribution is 6.30. The molecule has 1 aliphatic heterocycles. The molecule has 2 rings (SSSR count). The van der Waals surface area contributed by atoms with Crippen LogP contribution in [0.5, 0.6) is 0 Å². The number of alkyl halides is 2. The smallest absolute Gasteiger partial charge is 0.303 e. The second-order valence-corrected chi connectivity index (χ2v) is 8.00. The number of carbonyl (C=O) groups is 2. The third-order valence-electron chi connectivity index (χ3n) is 5.25. The van der Waals surface area contributed by atoms with E-state index in [2.05, 4.69) is 0 Å². The molecule has 166 valence electrons. The Morgan fingerprint density at radius 3 is 2.73 bits per heavy atom. The monoisotopic (exact) mass is 443 g/mol. The fourth-order valence-electron chi connectivity index (χ4n) is 3.57. The van der Waals surface area contributed by atoms with Gasteiger partial charge in [-0.05, 0) is 37.8 Å². The third kappa shape index (κ3) is 7.06. The SMILES string of the molecule is O=C(O)CCCCCCN1C(=O)CCCC1C=CC(O)C(F)(F)c1cccc(Cl)c1. The Morgan fingerprint density at radius 1 is 1.30 bits per heavy atom. The molecular formula is C22H28ClF2NO4. The van der Waals surface area contributed by atoms with Gasteiger partial charge in [0.15, 0.2) is 0 Å². The van der Waals surface area contributed by atoms with E-state index in [0.717, 1.165) is 31.4 Å². The first-order valence-electron chi connectivity index (χ1n) is 10.2. The number of aliphatic hydroxyl groups excluding tert-OH is 1. The van der Waals surface area contributed by atoms with Crippen LogP contribution >= 0.6 is 11.6 Å². The van der Waals surface area contributed by atoms with Crippen LogP contribution in [0.25, 0.3) is 0 Å². The zero-order valence-corrected chi connectivity index (χ0v) is 17.5. The Kier molecular flexibility index (Phi) is 9.24. The van der Waals surface area contributed by atoms with Crippen LogP contribution in [0, 0.1) is 0 Å². The Morgan fingerprint density at radius 2 is 2.03 bits per heavy atom. The number of amides is 1. The van der Waals surface area contributed by atoms with Gasteiger partial charge in [-0.25, -0.2) is 0 Å². The van der Waals surface area contributed by atoms with E-state index in [1.54, 1.807) is 4.90 Å². The molecule has 1 heterocycles.